The van der Waals surface area contributed by atoms with E-state index < -0.39 is 0 Å². The fraction of sp³-hybridized carbons (Fsp3) is 0.476. The van der Waals surface area contributed by atoms with E-state index in [1.165, 1.54) is 0 Å². The Bertz CT molecular complexity index is 696. The van der Waals surface area contributed by atoms with Crippen molar-refractivity contribution >= 4 is 29.9 Å². The van der Waals surface area contributed by atoms with Crippen molar-refractivity contribution in [2.75, 3.05) is 13.7 Å². The van der Waals surface area contributed by atoms with Crippen LogP contribution in [0.25, 0.3) is 0 Å². The second kappa shape index (κ2) is 12.0. The van der Waals surface area contributed by atoms with E-state index in [0.717, 1.165) is 61.7 Å². The van der Waals surface area contributed by atoms with Crippen LogP contribution in [0.3, 0.4) is 0 Å². The molecule has 3 rings (SSSR count). The van der Waals surface area contributed by atoms with Crippen LogP contribution in [0.1, 0.15) is 37.0 Å². The van der Waals surface area contributed by atoms with Crippen molar-refractivity contribution in [2.24, 2.45) is 4.99 Å². The summed E-state index contributed by atoms with van der Waals surface area (Å²) < 4.78 is 10.6. The van der Waals surface area contributed by atoms with Crippen LogP contribution in [0.4, 0.5) is 0 Å². The molecule has 0 unspecified atom stereocenters. The molecular formula is C21H30IN3O3. The Morgan fingerprint density at radius 1 is 1.18 bits per heavy atom. The number of aliphatic hydroxyl groups is 1. The van der Waals surface area contributed by atoms with Crippen LogP contribution in [0.15, 0.2) is 52.1 Å². The second-order valence-electron chi connectivity index (χ2n) is 6.92. The Labute approximate surface area is 183 Å². The number of ether oxygens (including phenoxy) is 1. The lowest BCUT2D eigenvalue weighted by molar-refractivity contribution is 0.120. The van der Waals surface area contributed by atoms with Gasteiger partial charge in [-0.15, -0.1) is 24.0 Å². The first-order valence-electron chi connectivity index (χ1n) is 9.61. The largest absolute Gasteiger partial charge is 0.497 e. The lowest BCUT2D eigenvalue weighted by atomic mass is 9.93. The Morgan fingerprint density at radius 3 is 2.57 bits per heavy atom. The second-order valence-corrected chi connectivity index (χ2v) is 6.92. The molecular weight excluding hydrogens is 469 g/mol. The van der Waals surface area contributed by atoms with E-state index in [1.54, 1.807) is 13.4 Å². The zero-order valence-corrected chi connectivity index (χ0v) is 18.6. The Hall–Kier alpha value is -1.74. The Kier molecular flexibility index (Phi) is 9.63. The van der Waals surface area contributed by atoms with Gasteiger partial charge in [-0.2, -0.15) is 0 Å². The number of aliphatic imine (C=N–C) groups is 1. The maximum Gasteiger partial charge on any atom is 0.191 e. The van der Waals surface area contributed by atoms with Gasteiger partial charge in [-0.05, 0) is 55.5 Å². The lowest BCUT2D eigenvalue weighted by Crippen LogP contribution is -2.45. The van der Waals surface area contributed by atoms with Gasteiger partial charge in [0.2, 0.25) is 0 Å². The first-order chi connectivity index (χ1) is 13.2. The molecule has 154 valence electrons. The first-order valence-corrected chi connectivity index (χ1v) is 9.61. The van der Waals surface area contributed by atoms with Crippen molar-refractivity contribution in [1.29, 1.82) is 0 Å². The summed E-state index contributed by atoms with van der Waals surface area (Å²) in [5.74, 6) is 2.61. The Morgan fingerprint density at radius 2 is 1.93 bits per heavy atom. The van der Waals surface area contributed by atoms with E-state index in [-0.39, 0.29) is 30.1 Å². The van der Waals surface area contributed by atoms with Crippen molar-refractivity contribution in [3.8, 4) is 5.75 Å². The average Bonchev–Trinajstić information content (AvgIpc) is 3.21. The molecule has 1 heterocycles. The molecule has 1 aromatic heterocycles. The fourth-order valence-corrected chi connectivity index (χ4v) is 3.23. The minimum absolute atomic E-state index is 0. The highest BCUT2D eigenvalue weighted by Crippen LogP contribution is 2.18. The number of nitrogens with zero attached hydrogens (tertiary/aromatic N) is 1. The van der Waals surface area contributed by atoms with Gasteiger partial charge in [0, 0.05) is 19.0 Å². The SMILES string of the molecule is COc1ccc(CN=C(NCCc2ccco2)NC2CCC(O)CC2)cc1.I. The van der Waals surface area contributed by atoms with E-state index in [1.807, 2.05) is 36.4 Å². The normalized spacial score (nSPS) is 19.6. The number of hydrogen-bond acceptors (Lipinski definition) is 4. The average molecular weight is 499 g/mol. The van der Waals surface area contributed by atoms with E-state index in [4.69, 9.17) is 14.1 Å². The maximum absolute atomic E-state index is 9.71. The summed E-state index contributed by atoms with van der Waals surface area (Å²) in [5, 5.41) is 16.6. The van der Waals surface area contributed by atoms with Gasteiger partial charge in [0.05, 0.1) is 26.0 Å². The van der Waals surface area contributed by atoms with Crippen LogP contribution >= 0.6 is 24.0 Å². The number of benzene rings is 1. The summed E-state index contributed by atoms with van der Waals surface area (Å²) in [6, 6.07) is 12.2. The number of methoxy groups -OCH3 is 1. The highest BCUT2D eigenvalue weighted by atomic mass is 127. The molecule has 0 amide bonds. The number of aliphatic hydroxyl groups excluding tert-OH is 1. The van der Waals surface area contributed by atoms with Gasteiger partial charge < -0.3 is 24.9 Å². The maximum atomic E-state index is 9.71. The van der Waals surface area contributed by atoms with Gasteiger partial charge in [0.25, 0.3) is 0 Å². The fourth-order valence-electron chi connectivity index (χ4n) is 3.23. The van der Waals surface area contributed by atoms with Crippen molar-refractivity contribution in [3.05, 3.63) is 54.0 Å². The molecule has 0 radical (unpaired) electrons. The van der Waals surface area contributed by atoms with Crippen molar-refractivity contribution < 1.29 is 14.3 Å². The minimum atomic E-state index is -0.158. The van der Waals surface area contributed by atoms with Gasteiger partial charge in [-0.3, -0.25) is 0 Å². The zero-order valence-electron chi connectivity index (χ0n) is 16.3. The zero-order chi connectivity index (χ0) is 18.9. The highest BCUT2D eigenvalue weighted by Gasteiger charge is 2.20. The van der Waals surface area contributed by atoms with Crippen LogP contribution in [0.2, 0.25) is 0 Å². The third kappa shape index (κ3) is 7.35. The molecule has 2 aromatic rings. The topological polar surface area (TPSA) is 79.0 Å². The summed E-state index contributed by atoms with van der Waals surface area (Å²) >= 11 is 0. The summed E-state index contributed by atoms with van der Waals surface area (Å²) in [6.07, 6.45) is 5.95. The molecule has 1 aliphatic carbocycles. The van der Waals surface area contributed by atoms with Crippen molar-refractivity contribution in [1.82, 2.24) is 10.6 Å². The quantitative estimate of drug-likeness (QED) is 0.309. The molecule has 3 N–H and O–H groups in total. The molecule has 1 saturated carbocycles. The van der Waals surface area contributed by atoms with E-state index >= 15 is 0 Å². The number of hydrogen-bond donors (Lipinski definition) is 3. The van der Waals surface area contributed by atoms with Gasteiger partial charge in [-0.1, -0.05) is 12.1 Å². The van der Waals surface area contributed by atoms with Crippen LogP contribution in [-0.4, -0.2) is 36.9 Å². The van der Waals surface area contributed by atoms with Gasteiger partial charge in [0.1, 0.15) is 11.5 Å². The number of halogens is 1. The minimum Gasteiger partial charge on any atom is -0.497 e. The summed E-state index contributed by atoms with van der Waals surface area (Å²) in [5.41, 5.74) is 1.13. The molecule has 0 bridgehead atoms. The van der Waals surface area contributed by atoms with Gasteiger partial charge >= 0.3 is 0 Å². The van der Waals surface area contributed by atoms with Crippen LogP contribution in [0, 0.1) is 0 Å². The molecule has 1 aliphatic rings. The molecule has 0 saturated heterocycles. The molecule has 0 atom stereocenters. The van der Waals surface area contributed by atoms with Crippen molar-refractivity contribution in [3.63, 3.8) is 0 Å². The predicted molar refractivity (Wildman–Crippen MR) is 121 cm³/mol. The highest BCUT2D eigenvalue weighted by molar-refractivity contribution is 14.0. The number of furan rings is 1. The van der Waals surface area contributed by atoms with Crippen LogP contribution in [-0.2, 0) is 13.0 Å². The third-order valence-corrected chi connectivity index (χ3v) is 4.86. The molecule has 1 fully saturated rings. The monoisotopic (exact) mass is 499 g/mol. The molecule has 6 nitrogen and oxygen atoms in total. The van der Waals surface area contributed by atoms with Crippen LogP contribution in [0.5, 0.6) is 5.75 Å². The van der Waals surface area contributed by atoms with E-state index in [9.17, 15) is 5.11 Å². The molecule has 1 aromatic carbocycles. The standard InChI is InChI=1S/C21H29N3O3.HI/c1-26-19-10-4-16(5-11-19)15-23-21(22-13-12-20-3-2-14-27-20)24-17-6-8-18(25)9-7-17;/h2-5,10-11,14,17-18,25H,6-9,12-13,15H2,1H3,(H2,22,23,24);1H. The molecule has 0 spiro atoms. The molecule has 0 aliphatic heterocycles. The third-order valence-electron chi connectivity index (χ3n) is 4.86. The van der Waals surface area contributed by atoms with E-state index in [2.05, 4.69) is 10.6 Å². The Balaban J connectivity index is 0.00000280. The van der Waals surface area contributed by atoms with E-state index in [0.29, 0.717) is 12.6 Å². The van der Waals surface area contributed by atoms with Crippen molar-refractivity contribution in [2.45, 2.75) is 50.8 Å². The molecule has 7 heteroatoms. The smallest absolute Gasteiger partial charge is 0.191 e. The summed E-state index contributed by atoms with van der Waals surface area (Å²) in [4.78, 5) is 4.74. The predicted octanol–water partition coefficient (Wildman–Crippen LogP) is 3.49. The molecule has 28 heavy (non-hydrogen) atoms. The summed E-state index contributed by atoms with van der Waals surface area (Å²) in [6.45, 7) is 1.34. The summed E-state index contributed by atoms with van der Waals surface area (Å²) in [7, 11) is 1.67. The van der Waals surface area contributed by atoms with Gasteiger partial charge in [0.15, 0.2) is 5.96 Å². The lowest BCUT2D eigenvalue weighted by Gasteiger charge is -2.27. The van der Waals surface area contributed by atoms with Crippen LogP contribution < -0.4 is 15.4 Å². The van der Waals surface area contributed by atoms with Gasteiger partial charge in [-0.25, -0.2) is 4.99 Å². The number of rotatable bonds is 7. The first kappa shape index (κ1) is 22.5. The number of nitrogens with one attached hydrogen (secondary N) is 2. The number of guanidine groups is 1.